The van der Waals surface area contributed by atoms with Gasteiger partial charge in [-0.1, -0.05) is 18.5 Å². The molecule has 0 aliphatic carbocycles. The number of carboxylic acid groups (broad SMARTS) is 1. The van der Waals surface area contributed by atoms with Crippen molar-refractivity contribution in [2.45, 2.75) is 19.8 Å². The van der Waals surface area contributed by atoms with E-state index in [1.54, 1.807) is 6.07 Å². The molecule has 0 aromatic carbocycles. The van der Waals surface area contributed by atoms with Gasteiger partial charge in [0.1, 0.15) is 6.61 Å². The summed E-state index contributed by atoms with van der Waals surface area (Å²) in [6.45, 7) is 2.38. The van der Waals surface area contributed by atoms with Gasteiger partial charge in [-0.25, -0.2) is 0 Å². The van der Waals surface area contributed by atoms with E-state index >= 15 is 0 Å². The van der Waals surface area contributed by atoms with Crippen LogP contribution in [0.2, 0.25) is 0 Å². The Morgan fingerprint density at radius 1 is 1.62 bits per heavy atom. The maximum atomic E-state index is 10.7. The molecular formula is C10H12NNaO4. The Kier molecular flexibility index (Phi) is 7.97. The predicted molar refractivity (Wildman–Crippen MR) is 51.1 cm³/mol. The van der Waals surface area contributed by atoms with Crippen molar-refractivity contribution in [2.24, 2.45) is 5.16 Å². The predicted octanol–water partition coefficient (Wildman–Crippen LogP) is -2.45. The number of oxime groups is 1. The molecule has 0 spiro atoms. The van der Waals surface area contributed by atoms with E-state index in [0.29, 0.717) is 6.61 Å². The first-order valence-corrected chi connectivity index (χ1v) is 4.71. The number of aliphatic carboxylic acids is 1. The molecular weight excluding hydrogens is 221 g/mol. The van der Waals surface area contributed by atoms with Crippen LogP contribution in [-0.4, -0.2) is 18.3 Å². The van der Waals surface area contributed by atoms with Gasteiger partial charge < -0.3 is 19.2 Å². The summed E-state index contributed by atoms with van der Waals surface area (Å²) in [5.41, 5.74) is -0.323. The first kappa shape index (κ1) is 15.2. The second-order valence-electron chi connectivity index (χ2n) is 2.89. The zero-order chi connectivity index (χ0) is 11.1. The Hall–Kier alpha value is -0.780. The minimum Gasteiger partial charge on any atom is -0.543 e. The second kappa shape index (κ2) is 8.38. The molecule has 0 aliphatic heterocycles. The molecule has 0 fully saturated rings. The molecule has 1 aromatic rings. The number of unbranched alkanes of at least 4 members (excludes halogenated alkanes) is 1. The topological polar surface area (TPSA) is 74.9 Å². The van der Waals surface area contributed by atoms with E-state index in [0.717, 1.165) is 12.8 Å². The van der Waals surface area contributed by atoms with Crippen molar-refractivity contribution in [3.63, 3.8) is 0 Å². The number of nitrogens with zero attached hydrogens (tertiary/aromatic N) is 1. The van der Waals surface area contributed by atoms with E-state index in [2.05, 4.69) is 5.16 Å². The van der Waals surface area contributed by atoms with E-state index in [1.165, 1.54) is 12.3 Å². The molecule has 5 nitrogen and oxygen atoms in total. The normalized spacial score (nSPS) is 10.7. The largest absolute Gasteiger partial charge is 1.00 e. The quantitative estimate of drug-likeness (QED) is 0.237. The Balaban J connectivity index is 0.00000225. The minimum atomic E-state index is -1.42. The first-order chi connectivity index (χ1) is 7.25. The third-order valence-electron chi connectivity index (χ3n) is 1.69. The van der Waals surface area contributed by atoms with Crippen LogP contribution in [-0.2, 0) is 9.63 Å². The van der Waals surface area contributed by atoms with E-state index in [-0.39, 0.29) is 41.0 Å². The number of furan rings is 1. The van der Waals surface area contributed by atoms with Crippen molar-refractivity contribution in [3.05, 3.63) is 24.2 Å². The molecule has 0 aliphatic rings. The van der Waals surface area contributed by atoms with Gasteiger partial charge in [-0.2, -0.15) is 0 Å². The van der Waals surface area contributed by atoms with Crippen molar-refractivity contribution in [1.82, 2.24) is 0 Å². The number of rotatable bonds is 6. The van der Waals surface area contributed by atoms with Crippen molar-refractivity contribution < 1.29 is 48.7 Å². The molecule has 1 aromatic heterocycles. The molecule has 0 unspecified atom stereocenters. The van der Waals surface area contributed by atoms with Gasteiger partial charge >= 0.3 is 29.6 Å². The molecule has 0 saturated heterocycles. The Bertz CT molecular complexity index is 335. The first-order valence-electron chi connectivity index (χ1n) is 4.71. The molecule has 6 heteroatoms. The Morgan fingerprint density at radius 3 is 2.88 bits per heavy atom. The van der Waals surface area contributed by atoms with Crippen LogP contribution in [0, 0.1) is 0 Å². The van der Waals surface area contributed by atoms with Crippen LogP contribution >= 0.6 is 0 Å². The fourth-order valence-corrected chi connectivity index (χ4v) is 0.915. The molecule has 82 valence electrons. The fourth-order valence-electron chi connectivity index (χ4n) is 0.915. The average Bonchev–Trinajstić information content (AvgIpc) is 2.70. The number of hydrogen-bond acceptors (Lipinski definition) is 5. The van der Waals surface area contributed by atoms with Crippen LogP contribution in [0.5, 0.6) is 0 Å². The van der Waals surface area contributed by atoms with Crippen LogP contribution in [0.4, 0.5) is 0 Å². The third-order valence-corrected chi connectivity index (χ3v) is 1.69. The molecule has 16 heavy (non-hydrogen) atoms. The average molecular weight is 233 g/mol. The van der Waals surface area contributed by atoms with E-state index in [4.69, 9.17) is 9.25 Å². The molecule has 1 rings (SSSR count). The van der Waals surface area contributed by atoms with Gasteiger partial charge in [-0.3, -0.25) is 0 Å². The van der Waals surface area contributed by atoms with Crippen LogP contribution in [0.1, 0.15) is 25.5 Å². The number of hydrogen-bond donors (Lipinski definition) is 0. The van der Waals surface area contributed by atoms with Crippen molar-refractivity contribution in [2.75, 3.05) is 6.61 Å². The van der Waals surface area contributed by atoms with Gasteiger partial charge in [0, 0.05) is 0 Å². The summed E-state index contributed by atoms with van der Waals surface area (Å²) in [5, 5.41) is 14.1. The van der Waals surface area contributed by atoms with Crippen molar-refractivity contribution in [1.29, 1.82) is 0 Å². The summed E-state index contributed by atoms with van der Waals surface area (Å²) in [6, 6.07) is 3.05. The van der Waals surface area contributed by atoms with Crippen molar-refractivity contribution >= 4 is 11.7 Å². The monoisotopic (exact) mass is 233 g/mol. The molecule has 0 atom stereocenters. The van der Waals surface area contributed by atoms with Gasteiger partial charge in [0.2, 0.25) is 0 Å². The maximum Gasteiger partial charge on any atom is 1.00 e. The number of carbonyl (C=O) groups excluding carboxylic acids is 1. The molecule has 0 radical (unpaired) electrons. The fraction of sp³-hybridized carbons (Fsp3) is 0.400. The maximum absolute atomic E-state index is 10.7. The molecule has 0 saturated carbocycles. The molecule has 0 N–H and O–H groups in total. The summed E-state index contributed by atoms with van der Waals surface area (Å²) in [7, 11) is 0. The van der Waals surface area contributed by atoms with Gasteiger partial charge in [0.25, 0.3) is 0 Å². The summed E-state index contributed by atoms with van der Waals surface area (Å²) in [6.07, 6.45) is 3.14. The Morgan fingerprint density at radius 2 is 2.38 bits per heavy atom. The third kappa shape index (κ3) is 4.83. The van der Waals surface area contributed by atoms with E-state index in [9.17, 15) is 9.90 Å². The zero-order valence-electron chi connectivity index (χ0n) is 9.43. The minimum absolute atomic E-state index is 0. The van der Waals surface area contributed by atoms with Crippen LogP contribution in [0.15, 0.2) is 28.0 Å². The number of carbonyl (C=O) groups is 1. The van der Waals surface area contributed by atoms with Crippen LogP contribution < -0.4 is 34.7 Å². The Labute approximate surface area is 116 Å². The van der Waals surface area contributed by atoms with Gasteiger partial charge in [0.15, 0.2) is 11.5 Å². The molecule has 0 amide bonds. The summed E-state index contributed by atoms with van der Waals surface area (Å²) in [5.74, 6) is -1.28. The van der Waals surface area contributed by atoms with Crippen LogP contribution in [0.3, 0.4) is 0 Å². The smallest absolute Gasteiger partial charge is 0.543 e. The molecule has 1 heterocycles. The number of carboxylic acids is 1. The standard InChI is InChI=1S/C10H13NO4.Na/c1-2-3-7-15-11-9(10(12)13)8-5-4-6-14-8;/h4-6H,2-3,7H2,1H3,(H,12,13);/q;+1/p-1. The van der Waals surface area contributed by atoms with Crippen molar-refractivity contribution in [3.8, 4) is 0 Å². The van der Waals surface area contributed by atoms with E-state index < -0.39 is 5.97 Å². The summed E-state index contributed by atoms with van der Waals surface area (Å²) in [4.78, 5) is 15.5. The second-order valence-corrected chi connectivity index (χ2v) is 2.89. The summed E-state index contributed by atoms with van der Waals surface area (Å²) >= 11 is 0. The SMILES string of the molecule is CCCCON=C(C(=O)[O-])c1ccco1.[Na+]. The van der Waals surface area contributed by atoms with Gasteiger partial charge in [0.05, 0.1) is 12.2 Å². The molecule has 0 bridgehead atoms. The zero-order valence-corrected chi connectivity index (χ0v) is 11.4. The van der Waals surface area contributed by atoms with E-state index in [1.807, 2.05) is 6.92 Å². The summed E-state index contributed by atoms with van der Waals surface area (Å²) < 4.78 is 4.88. The van der Waals surface area contributed by atoms with Crippen LogP contribution in [0.25, 0.3) is 0 Å². The van der Waals surface area contributed by atoms with Gasteiger partial charge in [-0.05, 0) is 18.6 Å². The van der Waals surface area contributed by atoms with Gasteiger partial charge in [-0.15, -0.1) is 0 Å².